The van der Waals surface area contributed by atoms with Crippen LogP contribution in [0.5, 0.6) is 5.75 Å². The van der Waals surface area contributed by atoms with E-state index in [0.717, 1.165) is 30.7 Å². The largest absolute Gasteiger partial charge is 0.497 e. The molecular formula is C14H22N2O2. The summed E-state index contributed by atoms with van der Waals surface area (Å²) in [4.78, 5) is 11.4. The zero-order valence-electron chi connectivity index (χ0n) is 11.2. The van der Waals surface area contributed by atoms with Crippen molar-refractivity contribution >= 4 is 5.91 Å². The van der Waals surface area contributed by atoms with E-state index in [4.69, 9.17) is 4.74 Å². The van der Waals surface area contributed by atoms with E-state index in [1.807, 2.05) is 24.3 Å². The van der Waals surface area contributed by atoms with Crippen LogP contribution >= 0.6 is 0 Å². The van der Waals surface area contributed by atoms with Crippen LogP contribution in [0.1, 0.15) is 25.3 Å². The lowest BCUT2D eigenvalue weighted by Crippen LogP contribution is -2.34. The SMILES string of the molecule is CCCCNC(=O)CNCc1ccc(OC)cc1. The van der Waals surface area contributed by atoms with E-state index in [1.165, 1.54) is 0 Å². The summed E-state index contributed by atoms with van der Waals surface area (Å²) in [5, 5.41) is 5.98. The van der Waals surface area contributed by atoms with Crippen molar-refractivity contribution in [2.75, 3.05) is 20.2 Å². The van der Waals surface area contributed by atoms with Crippen molar-refractivity contribution in [1.82, 2.24) is 10.6 Å². The molecule has 4 nitrogen and oxygen atoms in total. The van der Waals surface area contributed by atoms with Crippen LogP contribution in [-0.4, -0.2) is 26.1 Å². The minimum Gasteiger partial charge on any atom is -0.497 e. The van der Waals surface area contributed by atoms with E-state index in [-0.39, 0.29) is 5.91 Å². The standard InChI is InChI=1S/C14H22N2O2/c1-3-4-9-16-14(17)11-15-10-12-5-7-13(18-2)8-6-12/h5-8,15H,3-4,9-11H2,1-2H3,(H,16,17). The summed E-state index contributed by atoms with van der Waals surface area (Å²) < 4.78 is 5.08. The highest BCUT2D eigenvalue weighted by Gasteiger charge is 1.99. The molecule has 0 aliphatic rings. The highest BCUT2D eigenvalue weighted by Crippen LogP contribution is 2.10. The lowest BCUT2D eigenvalue weighted by Gasteiger charge is -2.07. The lowest BCUT2D eigenvalue weighted by molar-refractivity contribution is -0.120. The molecule has 0 spiro atoms. The third-order valence-electron chi connectivity index (χ3n) is 2.63. The number of hydrogen-bond donors (Lipinski definition) is 2. The maximum Gasteiger partial charge on any atom is 0.233 e. The van der Waals surface area contributed by atoms with E-state index in [0.29, 0.717) is 13.1 Å². The first-order chi connectivity index (χ1) is 8.76. The molecule has 1 rings (SSSR count). The Balaban J connectivity index is 2.18. The Kier molecular flexibility index (Phi) is 6.87. The van der Waals surface area contributed by atoms with Crippen LogP contribution in [-0.2, 0) is 11.3 Å². The molecule has 18 heavy (non-hydrogen) atoms. The number of hydrogen-bond acceptors (Lipinski definition) is 3. The Morgan fingerprint density at radius 3 is 2.61 bits per heavy atom. The molecule has 1 amide bonds. The molecule has 0 aliphatic carbocycles. The zero-order valence-corrected chi connectivity index (χ0v) is 11.2. The maximum absolute atomic E-state index is 11.4. The molecule has 0 saturated heterocycles. The van der Waals surface area contributed by atoms with Crippen LogP contribution in [0, 0.1) is 0 Å². The molecule has 0 radical (unpaired) electrons. The maximum atomic E-state index is 11.4. The molecule has 0 aliphatic heterocycles. The second kappa shape index (κ2) is 8.53. The normalized spacial score (nSPS) is 10.1. The number of amides is 1. The van der Waals surface area contributed by atoms with E-state index < -0.39 is 0 Å². The Labute approximate surface area is 109 Å². The van der Waals surface area contributed by atoms with Gasteiger partial charge in [0, 0.05) is 13.1 Å². The molecule has 0 heterocycles. The van der Waals surface area contributed by atoms with Crippen molar-refractivity contribution < 1.29 is 9.53 Å². The Morgan fingerprint density at radius 1 is 1.28 bits per heavy atom. The van der Waals surface area contributed by atoms with Crippen LogP contribution in [0.3, 0.4) is 0 Å². The zero-order chi connectivity index (χ0) is 13.2. The first-order valence-electron chi connectivity index (χ1n) is 6.36. The molecule has 4 heteroatoms. The van der Waals surface area contributed by atoms with Crippen LogP contribution in [0.15, 0.2) is 24.3 Å². The van der Waals surface area contributed by atoms with E-state index >= 15 is 0 Å². The monoisotopic (exact) mass is 250 g/mol. The van der Waals surface area contributed by atoms with Crippen molar-refractivity contribution in [1.29, 1.82) is 0 Å². The summed E-state index contributed by atoms with van der Waals surface area (Å²) in [7, 11) is 1.65. The van der Waals surface area contributed by atoms with Crippen molar-refractivity contribution in [2.24, 2.45) is 0 Å². The summed E-state index contributed by atoms with van der Waals surface area (Å²) in [5.41, 5.74) is 1.14. The number of unbranched alkanes of at least 4 members (excludes halogenated alkanes) is 1. The Bertz CT molecular complexity index is 349. The highest BCUT2D eigenvalue weighted by molar-refractivity contribution is 5.77. The highest BCUT2D eigenvalue weighted by atomic mass is 16.5. The molecule has 1 aromatic rings. The van der Waals surface area contributed by atoms with Gasteiger partial charge in [0.05, 0.1) is 13.7 Å². The first kappa shape index (κ1) is 14.5. The predicted octanol–water partition coefficient (Wildman–Crippen LogP) is 1.70. The van der Waals surface area contributed by atoms with Crippen LogP contribution in [0.25, 0.3) is 0 Å². The number of methoxy groups -OCH3 is 1. The third-order valence-corrected chi connectivity index (χ3v) is 2.63. The molecule has 1 aromatic carbocycles. The summed E-state index contributed by atoms with van der Waals surface area (Å²) in [5.74, 6) is 0.896. The van der Waals surface area contributed by atoms with Crippen LogP contribution in [0.2, 0.25) is 0 Å². The quantitative estimate of drug-likeness (QED) is 0.690. The van der Waals surface area contributed by atoms with Gasteiger partial charge in [-0.15, -0.1) is 0 Å². The van der Waals surface area contributed by atoms with E-state index in [1.54, 1.807) is 7.11 Å². The van der Waals surface area contributed by atoms with Gasteiger partial charge in [-0.25, -0.2) is 0 Å². The Hall–Kier alpha value is -1.55. The second-order valence-electron chi connectivity index (χ2n) is 4.16. The summed E-state index contributed by atoms with van der Waals surface area (Å²) in [6, 6.07) is 7.80. The fraction of sp³-hybridized carbons (Fsp3) is 0.500. The second-order valence-corrected chi connectivity index (χ2v) is 4.16. The number of benzene rings is 1. The topological polar surface area (TPSA) is 50.4 Å². The Morgan fingerprint density at radius 2 is 2.00 bits per heavy atom. The van der Waals surface area contributed by atoms with Gasteiger partial charge in [-0.1, -0.05) is 25.5 Å². The number of rotatable bonds is 8. The van der Waals surface area contributed by atoms with Gasteiger partial charge in [0.2, 0.25) is 5.91 Å². The summed E-state index contributed by atoms with van der Waals surface area (Å²) in [6.45, 7) is 3.91. The van der Waals surface area contributed by atoms with Crippen LogP contribution < -0.4 is 15.4 Å². The van der Waals surface area contributed by atoms with Gasteiger partial charge < -0.3 is 15.4 Å². The van der Waals surface area contributed by atoms with Gasteiger partial charge >= 0.3 is 0 Å². The molecule has 0 aromatic heterocycles. The van der Waals surface area contributed by atoms with Gasteiger partial charge in [0.15, 0.2) is 0 Å². The number of carbonyl (C=O) groups excluding carboxylic acids is 1. The first-order valence-corrected chi connectivity index (χ1v) is 6.36. The summed E-state index contributed by atoms with van der Waals surface area (Å²) >= 11 is 0. The molecule has 0 unspecified atom stereocenters. The molecule has 100 valence electrons. The smallest absolute Gasteiger partial charge is 0.233 e. The molecule has 0 saturated carbocycles. The van der Waals surface area contributed by atoms with Gasteiger partial charge in [0.25, 0.3) is 0 Å². The third kappa shape index (κ3) is 5.68. The minimum absolute atomic E-state index is 0.0527. The summed E-state index contributed by atoms with van der Waals surface area (Å²) in [6.07, 6.45) is 2.13. The minimum atomic E-state index is 0.0527. The van der Waals surface area contributed by atoms with Gasteiger partial charge in [0.1, 0.15) is 5.75 Å². The van der Waals surface area contributed by atoms with Gasteiger partial charge in [-0.2, -0.15) is 0 Å². The van der Waals surface area contributed by atoms with E-state index in [2.05, 4.69) is 17.6 Å². The fourth-order valence-corrected chi connectivity index (χ4v) is 1.53. The van der Waals surface area contributed by atoms with Crippen molar-refractivity contribution in [3.8, 4) is 5.75 Å². The van der Waals surface area contributed by atoms with E-state index in [9.17, 15) is 4.79 Å². The van der Waals surface area contributed by atoms with Crippen molar-refractivity contribution in [3.05, 3.63) is 29.8 Å². The molecular weight excluding hydrogens is 228 g/mol. The number of carbonyl (C=O) groups is 1. The fourth-order valence-electron chi connectivity index (χ4n) is 1.53. The molecule has 0 atom stereocenters. The number of nitrogens with one attached hydrogen (secondary N) is 2. The van der Waals surface area contributed by atoms with Crippen LogP contribution in [0.4, 0.5) is 0 Å². The van der Waals surface area contributed by atoms with Gasteiger partial charge in [-0.3, -0.25) is 4.79 Å². The van der Waals surface area contributed by atoms with Crippen molar-refractivity contribution in [3.63, 3.8) is 0 Å². The van der Waals surface area contributed by atoms with Crippen molar-refractivity contribution in [2.45, 2.75) is 26.3 Å². The average molecular weight is 250 g/mol. The average Bonchev–Trinajstić information content (AvgIpc) is 2.40. The van der Waals surface area contributed by atoms with Gasteiger partial charge in [-0.05, 0) is 24.1 Å². The number of ether oxygens (including phenoxy) is 1. The molecule has 0 bridgehead atoms. The lowest BCUT2D eigenvalue weighted by atomic mass is 10.2. The molecule has 2 N–H and O–H groups in total. The predicted molar refractivity (Wildman–Crippen MR) is 72.6 cm³/mol. The molecule has 0 fully saturated rings.